The maximum atomic E-state index is 12.6. The molecule has 1 saturated heterocycles. The lowest BCUT2D eigenvalue weighted by molar-refractivity contribution is -0.142. The van der Waals surface area contributed by atoms with Crippen LogP contribution >= 0.6 is 7.75 Å². The van der Waals surface area contributed by atoms with E-state index >= 15 is 0 Å². The molecule has 1 aliphatic heterocycles. The van der Waals surface area contributed by atoms with E-state index in [0.29, 0.717) is 5.56 Å². The Kier molecular flexibility index (Phi) is 9.66. The van der Waals surface area contributed by atoms with Gasteiger partial charge in [-0.2, -0.15) is 0 Å². The highest BCUT2D eigenvalue weighted by Gasteiger charge is 2.45. The fourth-order valence-electron chi connectivity index (χ4n) is 3.45. The average molecular weight is 516 g/mol. The number of carbonyl (C=O) groups excluding carboxylic acids is 1. The highest BCUT2D eigenvalue weighted by atomic mass is 31.2. The molecule has 0 bridgehead atoms. The number of aliphatic hydroxyl groups is 2. The molecule has 6 atom stereocenters. The lowest BCUT2D eigenvalue weighted by Gasteiger charge is -2.22. The normalized spacial score (nSPS) is 24.3. The second kappa shape index (κ2) is 11.8. The molecule has 194 valence electrons. The largest absolute Gasteiger partial charge is 0.468 e. The van der Waals surface area contributed by atoms with Gasteiger partial charge in [-0.15, -0.1) is 0 Å². The molecule has 0 spiro atoms. The zero-order valence-corrected chi connectivity index (χ0v) is 20.0. The minimum Gasteiger partial charge on any atom is -0.468 e. The van der Waals surface area contributed by atoms with Crippen molar-refractivity contribution in [1.82, 2.24) is 20.8 Å². The molecule has 0 radical (unpaired) electrons. The Hall–Kier alpha value is -2.68. The number of rotatable bonds is 9. The van der Waals surface area contributed by atoms with Gasteiger partial charge in [0, 0.05) is 11.8 Å². The van der Waals surface area contributed by atoms with Crippen molar-refractivity contribution < 1.29 is 38.5 Å². The number of esters is 1. The van der Waals surface area contributed by atoms with Gasteiger partial charge >= 0.3 is 19.4 Å². The molecule has 2 heterocycles. The van der Waals surface area contributed by atoms with Gasteiger partial charge in [-0.1, -0.05) is 30.3 Å². The number of methoxy groups -OCH3 is 1. The first-order chi connectivity index (χ1) is 16.0. The third-order valence-electron chi connectivity index (χ3n) is 5.26. The number of H-pyrrole nitrogens is 1. The van der Waals surface area contributed by atoms with E-state index < -0.39 is 62.2 Å². The molecule has 35 heavy (non-hydrogen) atoms. The molecular weight excluding hydrogens is 487 g/mol. The smallest absolute Gasteiger partial charge is 0.403 e. The predicted molar refractivity (Wildman–Crippen MR) is 122 cm³/mol. The van der Waals surface area contributed by atoms with Gasteiger partial charge in [0.25, 0.3) is 5.56 Å². The molecule has 0 saturated carbocycles. The number of nitrogens with one attached hydrogen (secondary N) is 2. The molecule has 1 fully saturated rings. The Balaban J connectivity index is 0.00000432. The number of hydrogen-bond acceptors (Lipinski definition) is 10. The van der Waals surface area contributed by atoms with Gasteiger partial charge in [0.05, 0.1) is 13.7 Å². The van der Waals surface area contributed by atoms with E-state index in [4.69, 9.17) is 9.26 Å². The highest BCUT2D eigenvalue weighted by Crippen LogP contribution is 2.40. The van der Waals surface area contributed by atoms with E-state index in [1.807, 2.05) is 0 Å². The van der Waals surface area contributed by atoms with Crippen LogP contribution < -0.4 is 22.5 Å². The SMILES string of the molecule is COC(=O)[C@H](Cc1ccccc1)NP(=O)(O)OC[C@H]1O[C@@H](n2cc(C)c(=O)[nH]c2=O)[C@H](O)[C@@H]1O.N. The zero-order valence-electron chi connectivity index (χ0n) is 19.1. The summed E-state index contributed by atoms with van der Waals surface area (Å²) in [5.41, 5.74) is -0.615. The summed E-state index contributed by atoms with van der Waals surface area (Å²) in [4.78, 5) is 48.0. The van der Waals surface area contributed by atoms with Crippen molar-refractivity contribution in [2.24, 2.45) is 0 Å². The second-order valence-corrected chi connectivity index (χ2v) is 9.29. The summed E-state index contributed by atoms with van der Waals surface area (Å²) in [6.45, 7) is 0.778. The van der Waals surface area contributed by atoms with Gasteiger partial charge in [0.2, 0.25) is 0 Å². The van der Waals surface area contributed by atoms with Crippen LogP contribution in [-0.4, -0.2) is 68.7 Å². The molecule has 1 aliphatic rings. The summed E-state index contributed by atoms with van der Waals surface area (Å²) < 4.78 is 28.7. The van der Waals surface area contributed by atoms with Crippen molar-refractivity contribution in [1.29, 1.82) is 0 Å². The van der Waals surface area contributed by atoms with Gasteiger partial charge in [-0.05, 0) is 18.9 Å². The Morgan fingerprint density at radius 3 is 2.54 bits per heavy atom. The monoisotopic (exact) mass is 516 g/mol. The Labute approximate surface area is 199 Å². The maximum absolute atomic E-state index is 12.6. The molecule has 0 amide bonds. The summed E-state index contributed by atoms with van der Waals surface area (Å²) >= 11 is 0. The highest BCUT2D eigenvalue weighted by molar-refractivity contribution is 7.50. The fourth-order valence-corrected chi connectivity index (χ4v) is 4.47. The topological polar surface area (TPSA) is 224 Å². The summed E-state index contributed by atoms with van der Waals surface area (Å²) in [6, 6.07) is 7.51. The molecular formula is C20H29N4O10P. The van der Waals surface area contributed by atoms with E-state index in [9.17, 15) is 34.1 Å². The van der Waals surface area contributed by atoms with E-state index in [0.717, 1.165) is 17.9 Å². The van der Waals surface area contributed by atoms with Gasteiger partial charge in [0.15, 0.2) is 6.23 Å². The van der Waals surface area contributed by atoms with Crippen LogP contribution in [0.15, 0.2) is 46.1 Å². The molecule has 1 aromatic carbocycles. The fraction of sp³-hybridized carbons (Fsp3) is 0.450. The number of aromatic amines is 1. The van der Waals surface area contributed by atoms with Crippen molar-refractivity contribution in [3.05, 3.63) is 68.5 Å². The Morgan fingerprint density at radius 1 is 1.26 bits per heavy atom. The lowest BCUT2D eigenvalue weighted by atomic mass is 10.1. The van der Waals surface area contributed by atoms with Crippen LogP contribution in [0.1, 0.15) is 17.4 Å². The molecule has 8 N–H and O–H groups in total. The van der Waals surface area contributed by atoms with Crippen molar-refractivity contribution in [2.45, 2.75) is 43.9 Å². The zero-order chi connectivity index (χ0) is 25.0. The number of aryl methyl sites for hydroxylation is 1. The van der Waals surface area contributed by atoms with Crippen LogP contribution in [-0.2, 0) is 29.8 Å². The first-order valence-corrected chi connectivity index (χ1v) is 11.8. The van der Waals surface area contributed by atoms with E-state index in [-0.39, 0.29) is 18.1 Å². The van der Waals surface area contributed by atoms with Crippen LogP contribution in [0.4, 0.5) is 0 Å². The first kappa shape index (κ1) is 28.6. The summed E-state index contributed by atoms with van der Waals surface area (Å²) in [5, 5.41) is 22.8. The van der Waals surface area contributed by atoms with Crippen LogP contribution in [0.3, 0.4) is 0 Å². The number of ether oxygens (including phenoxy) is 2. The number of carbonyl (C=O) groups is 1. The van der Waals surface area contributed by atoms with Crippen LogP contribution in [0, 0.1) is 6.92 Å². The minimum atomic E-state index is -4.61. The summed E-state index contributed by atoms with van der Waals surface area (Å²) in [6.07, 6.45) is -4.65. The van der Waals surface area contributed by atoms with Crippen LogP contribution in [0.2, 0.25) is 0 Å². The van der Waals surface area contributed by atoms with E-state index in [2.05, 4.69) is 14.8 Å². The summed E-state index contributed by atoms with van der Waals surface area (Å²) in [5.74, 6) is -0.790. The molecule has 15 heteroatoms. The number of nitrogens with zero attached hydrogens (tertiary/aromatic N) is 1. The molecule has 3 rings (SSSR count). The van der Waals surface area contributed by atoms with Gasteiger partial charge in [-0.3, -0.25) is 23.7 Å². The Bertz CT molecular complexity index is 1170. The van der Waals surface area contributed by atoms with Crippen molar-refractivity contribution >= 4 is 13.7 Å². The van der Waals surface area contributed by atoms with Gasteiger partial charge < -0.3 is 30.7 Å². The van der Waals surface area contributed by atoms with Crippen LogP contribution in [0.25, 0.3) is 0 Å². The third-order valence-corrected chi connectivity index (χ3v) is 6.40. The quantitative estimate of drug-likeness (QED) is 0.176. The average Bonchev–Trinajstić information content (AvgIpc) is 3.08. The molecule has 1 unspecified atom stereocenters. The number of hydrogen-bond donors (Lipinski definition) is 6. The second-order valence-electron chi connectivity index (χ2n) is 7.74. The van der Waals surface area contributed by atoms with Crippen molar-refractivity contribution in [2.75, 3.05) is 13.7 Å². The van der Waals surface area contributed by atoms with Gasteiger partial charge in [0.1, 0.15) is 24.4 Å². The van der Waals surface area contributed by atoms with Crippen molar-refractivity contribution in [3.8, 4) is 0 Å². The number of aromatic nitrogens is 2. The number of aliphatic hydroxyl groups excluding tert-OH is 2. The minimum absolute atomic E-state index is 0. The standard InChI is InChI=1S/C20H26N3O10P.H3N/c1-11-9-23(20(28)21-17(11)26)18-16(25)15(24)14(33-18)10-32-34(29,30)22-13(19(27)31-2)8-12-6-4-3-5-7-12;/h3-7,9,13-16,18,24-25H,8,10H2,1-2H3,(H,21,26,28)(H2,22,29,30);1H3/t13-,14+,15+,16+,18+;/m0./s1. The molecule has 0 aliphatic carbocycles. The van der Waals surface area contributed by atoms with E-state index in [1.54, 1.807) is 30.3 Å². The molecule has 1 aromatic heterocycles. The third kappa shape index (κ3) is 6.93. The predicted octanol–water partition coefficient (Wildman–Crippen LogP) is -0.883. The Morgan fingerprint density at radius 2 is 1.91 bits per heavy atom. The van der Waals surface area contributed by atoms with Crippen molar-refractivity contribution in [3.63, 3.8) is 0 Å². The molecule has 14 nitrogen and oxygen atoms in total. The summed E-state index contributed by atoms with van der Waals surface area (Å²) in [7, 11) is -3.47. The maximum Gasteiger partial charge on any atom is 0.403 e. The van der Waals surface area contributed by atoms with Gasteiger partial charge in [-0.25, -0.2) is 14.4 Å². The lowest BCUT2D eigenvalue weighted by Crippen LogP contribution is -2.39. The molecule has 2 aromatic rings. The number of benzene rings is 1. The van der Waals surface area contributed by atoms with Crippen LogP contribution in [0.5, 0.6) is 0 Å². The van der Waals surface area contributed by atoms with E-state index in [1.165, 1.54) is 6.92 Å². The first-order valence-electron chi connectivity index (χ1n) is 10.2.